The molecule has 29 heavy (non-hydrogen) atoms. The van der Waals surface area contributed by atoms with Crippen LogP contribution >= 0.6 is 11.6 Å². The Morgan fingerprint density at radius 3 is 2.52 bits per heavy atom. The molecule has 0 saturated carbocycles. The Bertz CT molecular complexity index is 1090. The summed E-state index contributed by atoms with van der Waals surface area (Å²) in [5, 5.41) is 20.1. The normalized spacial score (nSPS) is 10.1. The van der Waals surface area contributed by atoms with Crippen molar-refractivity contribution in [1.82, 2.24) is 4.98 Å². The molecule has 3 N–H and O–H groups in total. The number of amides is 1. The van der Waals surface area contributed by atoms with Crippen molar-refractivity contribution >= 4 is 40.6 Å². The van der Waals surface area contributed by atoms with Crippen molar-refractivity contribution in [3.8, 4) is 22.8 Å². The molecular formula is C20H18ClFN2O5. The number of anilines is 1. The third-order valence-electron chi connectivity index (χ3n) is 3.96. The molecule has 0 radical (unpaired) electrons. The summed E-state index contributed by atoms with van der Waals surface area (Å²) in [6.45, 7) is 2.89. The van der Waals surface area contributed by atoms with E-state index in [1.54, 1.807) is 12.1 Å². The van der Waals surface area contributed by atoms with Gasteiger partial charge in [0, 0.05) is 23.9 Å². The first-order chi connectivity index (χ1) is 13.7. The van der Waals surface area contributed by atoms with Crippen LogP contribution in [0.4, 0.5) is 10.1 Å². The van der Waals surface area contributed by atoms with Crippen LogP contribution in [0, 0.1) is 12.7 Å². The van der Waals surface area contributed by atoms with E-state index in [0.29, 0.717) is 27.2 Å². The van der Waals surface area contributed by atoms with Crippen LogP contribution < -0.4 is 10.1 Å². The van der Waals surface area contributed by atoms with Crippen LogP contribution in [0.1, 0.15) is 12.5 Å². The Balaban J connectivity index is 0.000000941. The average Bonchev–Trinajstić information content (AvgIpc) is 2.63. The minimum Gasteiger partial charge on any atom is -0.504 e. The number of hydrogen-bond donors (Lipinski definition) is 3. The molecule has 0 aliphatic carbocycles. The summed E-state index contributed by atoms with van der Waals surface area (Å²) < 4.78 is 19.3. The van der Waals surface area contributed by atoms with Gasteiger partial charge in [-0.15, -0.1) is 0 Å². The second kappa shape index (κ2) is 9.20. The van der Waals surface area contributed by atoms with Gasteiger partial charge in [0.15, 0.2) is 11.5 Å². The SMILES string of the molecule is COc1cc(-c2cc(C)c3cc(F)c(NC(C)=O)cc3n2)c(Cl)cc1O.O=CO. The maximum absolute atomic E-state index is 14.2. The Hall–Kier alpha value is -3.39. The van der Waals surface area contributed by atoms with E-state index in [0.717, 1.165) is 5.56 Å². The minimum atomic E-state index is -0.533. The Labute approximate surface area is 170 Å². The lowest BCUT2D eigenvalue weighted by Gasteiger charge is -2.12. The number of methoxy groups -OCH3 is 1. The number of aromatic hydroxyl groups is 1. The van der Waals surface area contributed by atoms with Gasteiger partial charge in [0.25, 0.3) is 6.47 Å². The second-order valence-corrected chi connectivity index (χ2v) is 6.37. The lowest BCUT2D eigenvalue weighted by molar-refractivity contribution is -0.123. The number of rotatable bonds is 3. The highest BCUT2D eigenvalue weighted by Gasteiger charge is 2.15. The number of halogens is 2. The smallest absolute Gasteiger partial charge is 0.290 e. The van der Waals surface area contributed by atoms with Gasteiger partial charge >= 0.3 is 0 Å². The number of carboxylic acid groups (broad SMARTS) is 1. The fraction of sp³-hybridized carbons (Fsp3) is 0.150. The zero-order chi connectivity index (χ0) is 21.7. The molecule has 0 spiro atoms. The van der Waals surface area contributed by atoms with Crippen molar-refractivity contribution < 1.29 is 28.9 Å². The molecule has 1 aromatic heterocycles. The van der Waals surface area contributed by atoms with Gasteiger partial charge in [0.1, 0.15) is 5.82 Å². The monoisotopic (exact) mass is 420 g/mol. The van der Waals surface area contributed by atoms with Gasteiger partial charge in [-0.1, -0.05) is 11.6 Å². The lowest BCUT2D eigenvalue weighted by Crippen LogP contribution is -2.07. The number of benzene rings is 2. The number of ether oxygens (including phenoxy) is 1. The standard InChI is InChI=1S/C19H16ClFN2O3.CH2O2/c1-9-4-15(12-6-19(26-3)18(25)7-13(12)20)23-16-8-17(22-10(2)24)14(21)5-11(9)16;2-1-3/h4-8,25H,1-3H3,(H,22,24);1H,(H,2,3). The topological polar surface area (TPSA) is 109 Å². The first-order valence-corrected chi connectivity index (χ1v) is 8.62. The molecular weight excluding hydrogens is 403 g/mol. The van der Waals surface area contributed by atoms with Crippen LogP contribution in [0.15, 0.2) is 30.3 Å². The van der Waals surface area contributed by atoms with E-state index < -0.39 is 5.82 Å². The van der Waals surface area contributed by atoms with Gasteiger partial charge in [-0.05, 0) is 36.8 Å². The highest BCUT2D eigenvalue weighted by atomic mass is 35.5. The molecule has 3 aromatic rings. The number of phenols is 1. The molecule has 0 aliphatic heterocycles. The summed E-state index contributed by atoms with van der Waals surface area (Å²) >= 11 is 6.25. The van der Waals surface area contributed by atoms with Crippen molar-refractivity contribution in [2.45, 2.75) is 13.8 Å². The highest BCUT2D eigenvalue weighted by molar-refractivity contribution is 6.33. The zero-order valence-electron chi connectivity index (χ0n) is 15.8. The summed E-state index contributed by atoms with van der Waals surface area (Å²) in [5.74, 6) is -0.715. The second-order valence-electron chi connectivity index (χ2n) is 5.96. The zero-order valence-corrected chi connectivity index (χ0v) is 16.5. The van der Waals surface area contributed by atoms with E-state index >= 15 is 0 Å². The van der Waals surface area contributed by atoms with Crippen LogP contribution in [0.2, 0.25) is 5.02 Å². The molecule has 7 nitrogen and oxygen atoms in total. The summed E-state index contributed by atoms with van der Waals surface area (Å²) in [6.07, 6.45) is 0. The van der Waals surface area contributed by atoms with Crippen molar-refractivity contribution in [2.24, 2.45) is 0 Å². The summed E-state index contributed by atoms with van der Waals surface area (Å²) in [7, 11) is 1.44. The predicted octanol–water partition coefficient (Wildman–Crippen LogP) is 4.38. The molecule has 1 amide bonds. The van der Waals surface area contributed by atoms with Crippen molar-refractivity contribution in [3.63, 3.8) is 0 Å². The van der Waals surface area contributed by atoms with E-state index in [-0.39, 0.29) is 29.6 Å². The molecule has 1 heterocycles. The van der Waals surface area contributed by atoms with E-state index in [1.807, 2.05) is 6.92 Å². The minimum absolute atomic E-state index is 0.0587. The number of aromatic nitrogens is 1. The molecule has 3 rings (SSSR count). The molecule has 9 heteroatoms. The Morgan fingerprint density at radius 2 is 1.93 bits per heavy atom. The van der Waals surface area contributed by atoms with Gasteiger partial charge in [-0.3, -0.25) is 9.59 Å². The number of fused-ring (bicyclic) bond motifs is 1. The maximum atomic E-state index is 14.2. The largest absolute Gasteiger partial charge is 0.504 e. The number of aryl methyl sites for hydroxylation is 1. The summed E-state index contributed by atoms with van der Waals surface area (Å²) in [6, 6.07) is 7.56. The molecule has 0 bridgehead atoms. The van der Waals surface area contributed by atoms with E-state index in [9.17, 15) is 14.3 Å². The third kappa shape index (κ3) is 4.91. The molecule has 0 fully saturated rings. The van der Waals surface area contributed by atoms with Crippen molar-refractivity contribution in [1.29, 1.82) is 0 Å². The number of hydrogen-bond acceptors (Lipinski definition) is 5. The van der Waals surface area contributed by atoms with Gasteiger partial charge in [-0.2, -0.15) is 0 Å². The fourth-order valence-corrected chi connectivity index (χ4v) is 3.00. The van der Waals surface area contributed by atoms with Crippen LogP contribution in [0.5, 0.6) is 11.5 Å². The van der Waals surface area contributed by atoms with Gasteiger partial charge in [0.05, 0.1) is 29.0 Å². The molecule has 0 saturated heterocycles. The van der Waals surface area contributed by atoms with Gasteiger partial charge < -0.3 is 20.3 Å². The molecule has 0 aliphatic rings. The quantitative estimate of drug-likeness (QED) is 0.543. The predicted molar refractivity (Wildman–Crippen MR) is 108 cm³/mol. The highest BCUT2D eigenvalue weighted by Crippen LogP contribution is 2.38. The lowest BCUT2D eigenvalue weighted by atomic mass is 10.0. The van der Waals surface area contributed by atoms with E-state index in [4.69, 9.17) is 26.2 Å². The van der Waals surface area contributed by atoms with Gasteiger partial charge in [0.2, 0.25) is 5.91 Å². The number of phenolic OH excluding ortho intramolecular Hbond substituents is 1. The van der Waals surface area contributed by atoms with E-state index in [2.05, 4.69) is 10.3 Å². The number of carbonyl (C=O) groups excluding carboxylic acids is 1. The van der Waals surface area contributed by atoms with Gasteiger partial charge in [-0.25, -0.2) is 9.37 Å². The molecule has 0 unspecified atom stereocenters. The summed E-state index contributed by atoms with van der Waals surface area (Å²) in [4.78, 5) is 24.2. The number of nitrogens with zero attached hydrogens (tertiary/aromatic N) is 1. The first kappa shape index (κ1) is 21.9. The maximum Gasteiger partial charge on any atom is 0.290 e. The third-order valence-corrected chi connectivity index (χ3v) is 4.27. The first-order valence-electron chi connectivity index (χ1n) is 8.25. The van der Waals surface area contributed by atoms with Crippen LogP contribution in [-0.2, 0) is 9.59 Å². The molecule has 2 aromatic carbocycles. The number of nitrogens with one attached hydrogen (secondary N) is 1. The Kier molecular flexibility index (Phi) is 6.95. The molecule has 152 valence electrons. The Morgan fingerprint density at radius 1 is 1.28 bits per heavy atom. The van der Waals surface area contributed by atoms with Crippen LogP contribution in [0.25, 0.3) is 22.2 Å². The van der Waals surface area contributed by atoms with Crippen LogP contribution in [-0.4, -0.2) is 34.7 Å². The number of pyridine rings is 1. The average molecular weight is 421 g/mol. The fourth-order valence-electron chi connectivity index (χ4n) is 2.74. The molecule has 0 atom stereocenters. The van der Waals surface area contributed by atoms with E-state index in [1.165, 1.54) is 32.2 Å². The van der Waals surface area contributed by atoms with Crippen molar-refractivity contribution in [3.05, 3.63) is 46.7 Å². The van der Waals surface area contributed by atoms with Crippen LogP contribution in [0.3, 0.4) is 0 Å². The van der Waals surface area contributed by atoms with Crippen molar-refractivity contribution in [2.75, 3.05) is 12.4 Å². The summed E-state index contributed by atoms with van der Waals surface area (Å²) in [5.41, 5.74) is 2.47. The number of carbonyl (C=O) groups is 2.